The van der Waals surface area contributed by atoms with Gasteiger partial charge in [-0.1, -0.05) is 6.92 Å². The second kappa shape index (κ2) is 4.81. The first-order chi connectivity index (χ1) is 7.28. The first kappa shape index (κ1) is 10.7. The highest BCUT2D eigenvalue weighted by Crippen LogP contribution is 2.12. The number of piperazine rings is 1. The van der Waals surface area contributed by atoms with Crippen LogP contribution >= 0.6 is 0 Å². The molecular formula is C12H20N2O. The summed E-state index contributed by atoms with van der Waals surface area (Å²) < 4.78 is 5.71. The summed E-state index contributed by atoms with van der Waals surface area (Å²) in [7, 11) is 0. The van der Waals surface area contributed by atoms with Crippen molar-refractivity contribution in [1.82, 2.24) is 10.2 Å². The van der Waals surface area contributed by atoms with Crippen molar-refractivity contribution in [3.63, 3.8) is 0 Å². The summed E-state index contributed by atoms with van der Waals surface area (Å²) in [5, 5.41) is 3.44. The average Bonchev–Trinajstić information content (AvgIpc) is 2.65. The highest BCUT2D eigenvalue weighted by molar-refractivity contribution is 5.07. The molecule has 1 N–H and O–H groups in total. The number of rotatable bonds is 3. The summed E-state index contributed by atoms with van der Waals surface area (Å²) in [5.74, 6) is 2.19. The van der Waals surface area contributed by atoms with Crippen molar-refractivity contribution in [3.8, 4) is 0 Å². The molecule has 0 saturated carbocycles. The highest BCUT2D eigenvalue weighted by Gasteiger charge is 2.16. The summed E-state index contributed by atoms with van der Waals surface area (Å²) in [6, 6.07) is 4.78. The third-order valence-electron chi connectivity index (χ3n) is 2.90. The van der Waals surface area contributed by atoms with Gasteiger partial charge in [-0.25, -0.2) is 0 Å². The Morgan fingerprint density at radius 2 is 2.27 bits per heavy atom. The Kier molecular flexibility index (Phi) is 3.44. The van der Waals surface area contributed by atoms with E-state index in [4.69, 9.17) is 4.42 Å². The molecule has 0 aliphatic carbocycles. The van der Waals surface area contributed by atoms with Crippen molar-refractivity contribution in [2.45, 2.75) is 32.9 Å². The van der Waals surface area contributed by atoms with Gasteiger partial charge < -0.3 is 9.73 Å². The summed E-state index contributed by atoms with van der Waals surface area (Å²) in [6.45, 7) is 8.62. The number of aryl methyl sites for hydroxylation is 1. The lowest BCUT2D eigenvalue weighted by Crippen LogP contribution is -2.48. The maximum Gasteiger partial charge on any atom is 0.118 e. The van der Waals surface area contributed by atoms with Crippen LogP contribution in [0.4, 0.5) is 0 Å². The smallest absolute Gasteiger partial charge is 0.118 e. The SMILES string of the molecule is CCc1ccc(CN2CCN[C@@H](C)C2)o1. The zero-order valence-corrected chi connectivity index (χ0v) is 9.62. The number of nitrogens with one attached hydrogen (secondary N) is 1. The first-order valence-corrected chi connectivity index (χ1v) is 5.81. The van der Waals surface area contributed by atoms with Gasteiger partial charge in [-0.05, 0) is 19.1 Å². The fourth-order valence-corrected chi connectivity index (χ4v) is 2.07. The van der Waals surface area contributed by atoms with Gasteiger partial charge in [0.1, 0.15) is 11.5 Å². The molecule has 1 aliphatic heterocycles. The minimum atomic E-state index is 0.597. The van der Waals surface area contributed by atoms with Gasteiger partial charge in [0, 0.05) is 32.1 Å². The lowest BCUT2D eigenvalue weighted by molar-refractivity contribution is 0.185. The van der Waals surface area contributed by atoms with Crippen LogP contribution in [-0.4, -0.2) is 30.6 Å². The van der Waals surface area contributed by atoms with Gasteiger partial charge in [0.25, 0.3) is 0 Å². The van der Waals surface area contributed by atoms with E-state index >= 15 is 0 Å². The Labute approximate surface area is 91.4 Å². The zero-order chi connectivity index (χ0) is 10.7. The molecule has 1 fully saturated rings. The molecule has 3 heteroatoms. The lowest BCUT2D eigenvalue weighted by atomic mass is 10.2. The molecule has 0 spiro atoms. The maximum atomic E-state index is 5.71. The van der Waals surface area contributed by atoms with E-state index in [0.717, 1.165) is 44.1 Å². The highest BCUT2D eigenvalue weighted by atomic mass is 16.3. The second-order valence-electron chi connectivity index (χ2n) is 4.31. The van der Waals surface area contributed by atoms with Gasteiger partial charge in [0.05, 0.1) is 6.54 Å². The minimum Gasteiger partial charge on any atom is -0.465 e. The first-order valence-electron chi connectivity index (χ1n) is 5.81. The standard InChI is InChI=1S/C12H20N2O/c1-3-11-4-5-12(15-11)9-14-7-6-13-10(2)8-14/h4-5,10,13H,3,6-9H2,1-2H3/t10-/m0/s1. The molecule has 1 atom stereocenters. The molecule has 2 rings (SSSR count). The van der Waals surface area contributed by atoms with Crippen LogP contribution in [0.2, 0.25) is 0 Å². The number of hydrogen-bond donors (Lipinski definition) is 1. The van der Waals surface area contributed by atoms with E-state index in [0.29, 0.717) is 6.04 Å². The fraction of sp³-hybridized carbons (Fsp3) is 0.667. The lowest BCUT2D eigenvalue weighted by Gasteiger charge is -2.31. The van der Waals surface area contributed by atoms with Crippen molar-refractivity contribution >= 4 is 0 Å². The molecule has 3 nitrogen and oxygen atoms in total. The van der Waals surface area contributed by atoms with Crippen molar-refractivity contribution < 1.29 is 4.42 Å². The van der Waals surface area contributed by atoms with Gasteiger partial charge in [-0.3, -0.25) is 4.90 Å². The number of nitrogens with zero attached hydrogens (tertiary/aromatic N) is 1. The topological polar surface area (TPSA) is 28.4 Å². The third kappa shape index (κ3) is 2.83. The van der Waals surface area contributed by atoms with Crippen molar-refractivity contribution in [2.75, 3.05) is 19.6 Å². The molecule has 1 saturated heterocycles. The molecule has 0 radical (unpaired) electrons. The van der Waals surface area contributed by atoms with Crippen LogP contribution in [0.5, 0.6) is 0 Å². The van der Waals surface area contributed by atoms with Gasteiger partial charge >= 0.3 is 0 Å². The molecule has 2 heterocycles. The average molecular weight is 208 g/mol. The minimum absolute atomic E-state index is 0.597. The van der Waals surface area contributed by atoms with Crippen LogP contribution in [0.15, 0.2) is 16.5 Å². The summed E-state index contributed by atoms with van der Waals surface area (Å²) >= 11 is 0. The Morgan fingerprint density at radius 1 is 1.47 bits per heavy atom. The monoisotopic (exact) mass is 208 g/mol. The van der Waals surface area contributed by atoms with Crippen LogP contribution < -0.4 is 5.32 Å². The van der Waals surface area contributed by atoms with E-state index in [1.54, 1.807) is 0 Å². The van der Waals surface area contributed by atoms with Crippen LogP contribution in [0.3, 0.4) is 0 Å². The Balaban J connectivity index is 1.90. The fourth-order valence-electron chi connectivity index (χ4n) is 2.07. The van der Waals surface area contributed by atoms with E-state index in [-0.39, 0.29) is 0 Å². The van der Waals surface area contributed by atoms with Crippen LogP contribution in [0, 0.1) is 0 Å². The number of hydrogen-bond acceptors (Lipinski definition) is 3. The van der Waals surface area contributed by atoms with E-state index in [9.17, 15) is 0 Å². The largest absolute Gasteiger partial charge is 0.465 e. The molecule has 1 aromatic rings. The predicted molar refractivity (Wildman–Crippen MR) is 60.8 cm³/mol. The molecule has 0 bridgehead atoms. The van der Waals surface area contributed by atoms with Crippen molar-refractivity contribution in [1.29, 1.82) is 0 Å². The summed E-state index contributed by atoms with van der Waals surface area (Å²) in [4.78, 5) is 2.44. The number of furan rings is 1. The van der Waals surface area contributed by atoms with E-state index in [1.807, 2.05) is 0 Å². The molecule has 0 unspecified atom stereocenters. The zero-order valence-electron chi connectivity index (χ0n) is 9.62. The molecule has 0 amide bonds. The molecular weight excluding hydrogens is 188 g/mol. The second-order valence-corrected chi connectivity index (χ2v) is 4.31. The van der Waals surface area contributed by atoms with Gasteiger partial charge in [-0.15, -0.1) is 0 Å². The summed E-state index contributed by atoms with van der Waals surface area (Å²) in [6.07, 6.45) is 0.984. The molecule has 84 valence electrons. The van der Waals surface area contributed by atoms with Crippen LogP contribution in [-0.2, 0) is 13.0 Å². The normalized spacial score (nSPS) is 23.2. The Hall–Kier alpha value is -0.800. The molecule has 0 aromatic carbocycles. The van der Waals surface area contributed by atoms with Crippen LogP contribution in [0.25, 0.3) is 0 Å². The Bertz CT molecular complexity index is 308. The van der Waals surface area contributed by atoms with E-state index in [1.165, 1.54) is 0 Å². The molecule has 1 aliphatic rings. The van der Waals surface area contributed by atoms with Gasteiger partial charge in [-0.2, -0.15) is 0 Å². The van der Waals surface area contributed by atoms with Gasteiger partial charge in [0.15, 0.2) is 0 Å². The van der Waals surface area contributed by atoms with Gasteiger partial charge in [0.2, 0.25) is 0 Å². The van der Waals surface area contributed by atoms with E-state index in [2.05, 4.69) is 36.2 Å². The van der Waals surface area contributed by atoms with Crippen LogP contribution in [0.1, 0.15) is 25.4 Å². The van der Waals surface area contributed by atoms with Crippen molar-refractivity contribution in [3.05, 3.63) is 23.7 Å². The molecule has 15 heavy (non-hydrogen) atoms. The van der Waals surface area contributed by atoms with Crippen molar-refractivity contribution in [2.24, 2.45) is 0 Å². The third-order valence-corrected chi connectivity index (χ3v) is 2.90. The Morgan fingerprint density at radius 3 is 2.93 bits per heavy atom. The quantitative estimate of drug-likeness (QED) is 0.818. The maximum absolute atomic E-state index is 5.71. The van der Waals surface area contributed by atoms with E-state index < -0.39 is 0 Å². The predicted octanol–water partition coefficient (Wildman–Crippen LogP) is 1.64. The summed E-state index contributed by atoms with van der Waals surface area (Å²) in [5.41, 5.74) is 0. The molecule has 1 aromatic heterocycles.